The van der Waals surface area contributed by atoms with Gasteiger partial charge >= 0.3 is 0 Å². The fraction of sp³-hybridized carbons (Fsp3) is 0.333. The molecule has 2 rings (SSSR count). The smallest absolute Gasteiger partial charge is 0.142 e. The first-order valence-corrected chi connectivity index (χ1v) is 4.30. The predicted molar refractivity (Wildman–Crippen MR) is 46.7 cm³/mol. The summed E-state index contributed by atoms with van der Waals surface area (Å²) in [5.41, 5.74) is 7.68. The van der Waals surface area contributed by atoms with Crippen LogP contribution in [0.3, 0.4) is 0 Å². The van der Waals surface area contributed by atoms with Crippen LogP contribution in [0, 0.1) is 5.82 Å². The summed E-state index contributed by atoms with van der Waals surface area (Å²) < 4.78 is 12.9. The van der Waals surface area contributed by atoms with Gasteiger partial charge in [-0.05, 0) is 30.0 Å². The van der Waals surface area contributed by atoms with Gasteiger partial charge in [0, 0.05) is 6.04 Å². The van der Waals surface area contributed by atoms with E-state index in [1.165, 1.54) is 6.07 Å². The molecule has 0 spiro atoms. The second-order valence-corrected chi connectivity index (χ2v) is 3.45. The zero-order valence-electron chi connectivity index (χ0n) is 6.48. The lowest BCUT2D eigenvalue weighted by Gasteiger charge is -2.05. The molecule has 3 heteroatoms. The van der Waals surface area contributed by atoms with Gasteiger partial charge in [-0.2, -0.15) is 0 Å². The molecule has 1 nitrogen and oxygen atoms in total. The average molecular weight is 186 g/mol. The summed E-state index contributed by atoms with van der Waals surface area (Å²) in [6.45, 7) is 0. The second-order valence-electron chi connectivity index (χ2n) is 3.07. The molecule has 12 heavy (non-hydrogen) atoms. The van der Waals surface area contributed by atoms with Gasteiger partial charge in [-0.25, -0.2) is 4.39 Å². The number of hydrogen-bond donors (Lipinski definition) is 1. The summed E-state index contributed by atoms with van der Waals surface area (Å²) in [6, 6.07) is 3.15. The van der Waals surface area contributed by atoms with E-state index in [1.54, 1.807) is 6.07 Å². The zero-order valence-corrected chi connectivity index (χ0v) is 7.24. The Balaban J connectivity index is 2.60. The maximum atomic E-state index is 12.9. The van der Waals surface area contributed by atoms with Crippen LogP contribution in [-0.2, 0) is 6.42 Å². The highest BCUT2D eigenvalue weighted by Gasteiger charge is 2.22. The minimum Gasteiger partial charge on any atom is -0.324 e. The quantitative estimate of drug-likeness (QED) is 0.660. The summed E-state index contributed by atoms with van der Waals surface area (Å²) in [4.78, 5) is 0. The Morgan fingerprint density at radius 3 is 3.00 bits per heavy atom. The number of benzene rings is 1. The molecule has 0 heterocycles. The van der Waals surface area contributed by atoms with Crippen LogP contribution in [0.4, 0.5) is 4.39 Å². The summed E-state index contributed by atoms with van der Waals surface area (Å²) in [7, 11) is 0. The highest BCUT2D eigenvalue weighted by molar-refractivity contribution is 6.31. The number of hydrogen-bond acceptors (Lipinski definition) is 1. The Hall–Kier alpha value is -0.600. The number of fused-ring (bicyclic) bond motifs is 1. The van der Waals surface area contributed by atoms with Crippen LogP contribution in [0.1, 0.15) is 23.6 Å². The van der Waals surface area contributed by atoms with Crippen molar-refractivity contribution in [2.45, 2.75) is 18.9 Å². The molecule has 2 N–H and O–H groups in total. The first-order valence-electron chi connectivity index (χ1n) is 3.92. The molecule has 0 amide bonds. The Labute approximate surface area is 75.3 Å². The fourth-order valence-corrected chi connectivity index (χ4v) is 1.93. The predicted octanol–water partition coefficient (Wildman–Crippen LogP) is 2.43. The Bertz CT molecular complexity index is 325. The molecule has 1 aromatic carbocycles. The van der Waals surface area contributed by atoms with E-state index >= 15 is 0 Å². The highest BCUT2D eigenvalue weighted by Crippen LogP contribution is 2.35. The molecule has 1 aliphatic carbocycles. The zero-order chi connectivity index (χ0) is 8.72. The first kappa shape index (κ1) is 8.02. The van der Waals surface area contributed by atoms with Crippen molar-refractivity contribution in [3.8, 4) is 0 Å². The SMILES string of the molecule is N[C@H]1CCc2c1ccc(F)c2Cl. The Kier molecular flexibility index (Phi) is 1.81. The van der Waals surface area contributed by atoms with Crippen LogP contribution < -0.4 is 5.73 Å². The lowest BCUT2D eigenvalue weighted by Crippen LogP contribution is -2.05. The fourth-order valence-electron chi connectivity index (χ4n) is 1.66. The molecular weight excluding hydrogens is 177 g/mol. The maximum Gasteiger partial charge on any atom is 0.142 e. The van der Waals surface area contributed by atoms with Crippen molar-refractivity contribution in [1.29, 1.82) is 0 Å². The maximum absolute atomic E-state index is 12.9. The van der Waals surface area contributed by atoms with Crippen LogP contribution in [0.15, 0.2) is 12.1 Å². The molecular formula is C9H9ClFN. The molecule has 64 valence electrons. The van der Waals surface area contributed by atoms with Crippen LogP contribution in [0.5, 0.6) is 0 Å². The molecule has 0 bridgehead atoms. The largest absolute Gasteiger partial charge is 0.324 e. The highest BCUT2D eigenvalue weighted by atomic mass is 35.5. The van der Waals surface area contributed by atoms with E-state index in [9.17, 15) is 4.39 Å². The van der Waals surface area contributed by atoms with Crippen LogP contribution in [0.2, 0.25) is 5.02 Å². The minimum atomic E-state index is -0.343. The third-order valence-electron chi connectivity index (χ3n) is 2.34. The van der Waals surface area contributed by atoms with Gasteiger partial charge in [-0.15, -0.1) is 0 Å². The minimum absolute atomic E-state index is 0.0399. The monoisotopic (exact) mass is 185 g/mol. The Morgan fingerprint density at radius 2 is 2.25 bits per heavy atom. The van der Waals surface area contributed by atoms with Crippen LogP contribution in [0.25, 0.3) is 0 Å². The second kappa shape index (κ2) is 2.71. The molecule has 0 saturated heterocycles. The summed E-state index contributed by atoms with van der Waals surface area (Å²) in [6.07, 6.45) is 1.67. The van der Waals surface area contributed by atoms with Crippen molar-refractivity contribution in [1.82, 2.24) is 0 Å². The van der Waals surface area contributed by atoms with Gasteiger partial charge < -0.3 is 5.73 Å². The van der Waals surface area contributed by atoms with Crippen molar-refractivity contribution < 1.29 is 4.39 Å². The summed E-state index contributed by atoms with van der Waals surface area (Å²) in [5.74, 6) is -0.343. The van der Waals surface area contributed by atoms with E-state index in [4.69, 9.17) is 17.3 Å². The number of nitrogens with two attached hydrogens (primary N) is 1. The lowest BCUT2D eigenvalue weighted by atomic mass is 10.1. The van der Waals surface area contributed by atoms with Gasteiger partial charge in [0.25, 0.3) is 0 Å². The van der Waals surface area contributed by atoms with Gasteiger partial charge in [0.1, 0.15) is 5.82 Å². The molecule has 0 saturated carbocycles. The molecule has 1 aromatic rings. The first-order chi connectivity index (χ1) is 5.70. The summed E-state index contributed by atoms with van der Waals surface area (Å²) in [5, 5.41) is 0.250. The topological polar surface area (TPSA) is 26.0 Å². The molecule has 0 aromatic heterocycles. The van der Waals surface area contributed by atoms with Gasteiger partial charge in [0.2, 0.25) is 0 Å². The average Bonchev–Trinajstić information content (AvgIpc) is 2.41. The molecule has 0 radical (unpaired) electrons. The van der Waals surface area contributed by atoms with Gasteiger partial charge in [-0.1, -0.05) is 17.7 Å². The van der Waals surface area contributed by atoms with E-state index in [0.29, 0.717) is 0 Å². The third-order valence-corrected chi connectivity index (χ3v) is 2.75. The molecule has 1 atom stereocenters. The van der Waals surface area contributed by atoms with E-state index in [2.05, 4.69) is 0 Å². The van der Waals surface area contributed by atoms with Crippen molar-refractivity contribution in [3.63, 3.8) is 0 Å². The van der Waals surface area contributed by atoms with Gasteiger partial charge in [0.15, 0.2) is 0 Å². The number of rotatable bonds is 0. The van der Waals surface area contributed by atoms with Crippen molar-refractivity contribution in [2.24, 2.45) is 5.73 Å². The van der Waals surface area contributed by atoms with Crippen LogP contribution in [-0.4, -0.2) is 0 Å². The van der Waals surface area contributed by atoms with Crippen LogP contribution >= 0.6 is 11.6 Å². The van der Waals surface area contributed by atoms with Crippen molar-refractivity contribution >= 4 is 11.6 Å². The molecule has 0 aliphatic heterocycles. The van der Waals surface area contributed by atoms with Gasteiger partial charge in [0.05, 0.1) is 5.02 Å². The standard InChI is InChI=1S/C9H9ClFN/c10-9-6-2-4-8(12)5(6)1-3-7(9)11/h1,3,8H,2,4,12H2/t8-/m0/s1. The van der Waals surface area contributed by atoms with E-state index < -0.39 is 0 Å². The van der Waals surface area contributed by atoms with Gasteiger partial charge in [-0.3, -0.25) is 0 Å². The molecule has 0 unspecified atom stereocenters. The van der Waals surface area contributed by atoms with Crippen molar-refractivity contribution in [3.05, 3.63) is 34.1 Å². The lowest BCUT2D eigenvalue weighted by molar-refractivity contribution is 0.626. The molecule has 0 fully saturated rings. The van der Waals surface area contributed by atoms with Crippen molar-refractivity contribution in [2.75, 3.05) is 0 Å². The normalized spacial score (nSPS) is 21.1. The van der Waals surface area contributed by atoms with E-state index in [0.717, 1.165) is 24.0 Å². The summed E-state index contributed by atoms with van der Waals surface area (Å²) >= 11 is 5.77. The molecule has 1 aliphatic rings. The van der Waals surface area contributed by atoms with E-state index in [-0.39, 0.29) is 16.9 Å². The Morgan fingerprint density at radius 1 is 1.50 bits per heavy atom. The third kappa shape index (κ3) is 1.03. The van der Waals surface area contributed by atoms with E-state index in [1.807, 2.05) is 0 Å². The number of halogens is 2.